The van der Waals surface area contributed by atoms with Gasteiger partial charge in [-0.3, -0.25) is 4.99 Å². The SMILES string of the molecule is CN=C(NCC1CCN(CCc2ccccc2)C1)NC1CCN(c2ccccc2)C1.I. The van der Waals surface area contributed by atoms with Crippen molar-refractivity contribution in [3.8, 4) is 0 Å². The number of hydrogen-bond donors (Lipinski definition) is 2. The Labute approximate surface area is 204 Å². The lowest BCUT2D eigenvalue weighted by Crippen LogP contribution is -2.46. The number of para-hydroxylation sites is 1. The zero-order valence-corrected chi connectivity index (χ0v) is 20.9. The Morgan fingerprint density at radius 3 is 2.45 bits per heavy atom. The number of rotatable bonds is 7. The summed E-state index contributed by atoms with van der Waals surface area (Å²) in [6.45, 7) is 6.67. The van der Waals surface area contributed by atoms with Gasteiger partial charge in [-0.15, -0.1) is 24.0 Å². The molecule has 168 valence electrons. The second kappa shape index (κ2) is 12.3. The van der Waals surface area contributed by atoms with E-state index in [9.17, 15) is 0 Å². The number of likely N-dealkylation sites (tertiary alicyclic amines) is 1. The second-order valence-corrected chi connectivity index (χ2v) is 8.56. The monoisotopic (exact) mass is 533 g/mol. The van der Waals surface area contributed by atoms with Crippen LogP contribution in [0.1, 0.15) is 18.4 Å². The molecule has 31 heavy (non-hydrogen) atoms. The van der Waals surface area contributed by atoms with E-state index in [1.54, 1.807) is 0 Å². The summed E-state index contributed by atoms with van der Waals surface area (Å²) >= 11 is 0. The predicted octanol–water partition coefficient (Wildman–Crippen LogP) is 3.61. The van der Waals surface area contributed by atoms with E-state index in [4.69, 9.17) is 0 Å². The fourth-order valence-electron chi connectivity index (χ4n) is 4.59. The van der Waals surface area contributed by atoms with Crippen LogP contribution in [0.15, 0.2) is 65.7 Å². The average Bonchev–Trinajstić information content (AvgIpc) is 3.46. The number of benzene rings is 2. The van der Waals surface area contributed by atoms with E-state index in [-0.39, 0.29) is 24.0 Å². The van der Waals surface area contributed by atoms with Crippen LogP contribution in [0.3, 0.4) is 0 Å². The second-order valence-electron chi connectivity index (χ2n) is 8.56. The van der Waals surface area contributed by atoms with Crippen molar-refractivity contribution in [2.45, 2.75) is 25.3 Å². The highest BCUT2D eigenvalue weighted by Gasteiger charge is 2.25. The van der Waals surface area contributed by atoms with Crippen molar-refractivity contribution in [2.24, 2.45) is 10.9 Å². The molecule has 0 amide bonds. The Bertz CT molecular complexity index is 798. The van der Waals surface area contributed by atoms with E-state index >= 15 is 0 Å². The highest BCUT2D eigenvalue weighted by molar-refractivity contribution is 14.0. The van der Waals surface area contributed by atoms with Crippen LogP contribution in [0.25, 0.3) is 0 Å². The minimum Gasteiger partial charge on any atom is -0.369 e. The van der Waals surface area contributed by atoms with Gasteiger partial charge < -0.3 is 20.4 Å². The zero-order valence-electron chi connectivity index (χ0n) is 18.5. The van der Waals surface area contributed by atoms with E-state index in [2.05, 4.69) is 86.1 Å². The Morgan fingerprint density at radius 2 is 1.71 bits per heavy atom. The number of anilines is 1. The van der Waals surface area contributed by atoms with Crippen molar-refractivity contribution < 1.29 is 0 Å². The smallest absolute Gasteiger partial charge is 0.191 e. The van der Waals surface area contributed by atoms with Crippen LogP contribution in [-0.4, -0.2) is 63.2 Å². The molecule has 6 heteroatoms. The summed E-state index contributed by atoms with van der Waals surface area (Å²) in [7, 11) is 1.88. The van der Waals surface area contributed by atoms with Crippen LogP contribution in [0, 0.1) is 5.92 Å². The molecule has 5 nitrogen and oxygen atoms in total. The fraction of sp³-hybridized carbons (Fsp3) is 0.480. The molecule has 0 bridgehead atoms. The number of nitrogens with one attached hydrogen (secondary N) is 2. The summed E-state index contributed by atoms with van der Waals surface area (Å²) in [5, 5.41) is 7.21. The van der Waals surface area contributed by atoms with E-state index in [0.29, 0.717) is 12.0 Å². The number of guanidine groups is 1. The molecule has 2 unspecified atom stereocenters. The molecular weight excluding hydrogens is 497 g/mol. The summed E-state index contributed by atoms with van der Waals surface area (Å²) in [4.78, 5) is 9.52. The fourth-order valence-corrected chi connectivity index (χ4v) is 4.59. The van der Waals surface area contributed by atoms with Crippen LogP contribution < -0.4 is 15.5 Å². The van der Waals surface area contributed by atoms with E-state index in [1.165, 1.54) is 30.8 Å². The molecule has 2 fully saturated rings. The van der Waals surface area contributed by atoms with Gasteiger partial charge in [-0.25, -0.2) is 0 Å². The summed E-state index contributed by atoms with van der Waals surface area (Å²) in [5.74, 6) is 1.64. The van der Waals surface area contributed by atoms with E-state index < -0.39 is 0 Å². The van der Waals surface area contributed by atoms with Gasteiger partial charge in [0.15, 0.2) is 5.96 Å². The highest BCUT2D eigenvalue weighted by atomic mass is 127. The molecule has 0 spiro atoms. The molecule has 2 aromatic carbocycles. The molecule has 0 aliphatic carbocycles. The third-order valence-electron chi connectivity index (χ3n) is 6.36. The molecule has 0 radical (unpaired) electrons. The van der Waals surface area contributed by atoms with Crippen molar-refractivity contribution in [1.82, 2.24) is 15.5 Å². The first kappa shape index (κ1) is 23.9. The predicted molar refractivity (Wildman–Crippen MR) is 142 cm³/mol. The first-order valence-corrected chi connectivity index (χ1v) is 11.3. The van der Waals surface area contributed by atoms with E-state index in [1.807, 2.05) is 7.05 Å². The van der Waals surface area contributed by atoms with Crippen molar-refractivity contribution in [3.63, 3.8) is 0 Å². The number of halogens is 1. The van der Waals surface area contributed by atoms with Gasteiger partial charge in [0.05, 0.1) is 0 Å². The molecule has 2 aliphatic rings. The highest BCUT2D eigenvalue weighted by Crippen LogP contribution is 2.20. The summed E-state index contributed by atoms with van der Waals surface area (Å²) in [6.07, 6.45) is 3.56. The van der Waals surface area contributed by atoms with Gasteiger partial charge >= 0.3 is 0 Å². The maximum atomic E-state index is 4.47. The molecule has 2 aliphatic heterocycles. The first-order chi connectivity index (χ1) is 14.8. The van der Waals surface area contributed by atoms with Crippen molar-refractivity contribution in [3.05, 3.63) is 66.2 Å². The molecule has 2 atom stereocenters. The summed E-state index contributed by atoms with van der Waals surface area (Å²) in [6, 6.07) is 21.9. The third kappa shape index (κ3) is 7.10. The number of aliphatic imine (C=N–C) groups is 1. The quantitative estimate of drug-likeness (QED) is 0.324. The Kier molecular flexibility index (Phi) is 9.46. The first-order valence-electron chi connectivity index (χ1n) is 11.3. The van der Waals surface area contributed by atoms with Gasteiger partial charge in [-0.1, -0.05) is 48.5 Å². The standard InChI is InChI=1S/C25H35N5.HI/c1-26-25(28-23-14-17-30(20-23)24-10-6-3-7-11-24)27-18-22-13-16-29(19-22)15-12-21-8-4-2-5-9-21;/h2-11,22-23H,12-20H2,1H3,(H2,26,27,28);1H. The van der Waals surface area contributed by atoms with Crippen molar-refractivity contribution >= 4 is 35.6 Å². The minimum atomic E-state index is 0. The largest absolute Gasteiger partial charge is 0.369 e. The molecule has 2 saturated heterocycles. The van der Waals surface area contributed by atoms with Crippen LogP contribution in [-0.2, 0) is 6.42 Å². The molecule has 2 aromatic rings. The Hall–Kier alpha value is -1.80. The summed E-state index contributed by atoms with van der Waals surface area (Å²) in [5.41, 5.74) is 2.75. The molecule has 0 aromatic heterocycles. The van der Waals surface area contributed by atoms with E-state index in [0.717, 1.165) is 45.0 Å². The third-order valence-corrected chi connectivity index (χ3v) is 6.36. The lowest BCUT2D eigenvalue weighted by atomic mass is 10.1. The average molecular weight is 534 g/mol. The molecule has 2 heterocycles. The van der Waals surface area contributed by atoms with Crippen LogP contribution in [0.4, 0.5) is 5.69 Å². The minimum absolute atomic E-state index is 0. The Morgan fingerprint density at radius 1 is 0.968 bits per heavy atom. The molecule has 0 saturated carbocycles. The summed E-state index contributed by atoms with van der Waals surface area (Å²) < 4.78 is 0. The van der Waals surface area contributed by atoms with Crippen molar-refractivity contribution in [2.75, 3.05) is 51.2 Å². The van der Waals surface area contributed by atoms with Gasteiger partial charge in [0.25, 0.3) is 0 Å². The van der Waals surface area contributed by atoms with Gasteiger partial charge in [0, 0.05) is 51.5 Å². The van der Waals surface area contributed by atoms with Crippen LogP contribution in [0.5, 0.6) is 0 Å². The van der Waals surface area contributed by atoms with Crippen LogP contribution in [0.2, 0.25) is 0 Å². The lowest BCUT2D eigenvalue weighted by Gasteiger charge is -2.21. The van der Waals surface area contributed by atoms with Gasteiger partial charge in [-0.2, -0.15) is 0 Å². The molecule has 4 rings (SSSR count). The maximum absolute atomic E-state index is 4.47. The zero-order chi connectivity index (χ0) is 20.6. The number of nitrogens with zero attached hydrogens (tertiary/aromatic N) is 3. The van der Waals surface area contributed by atoms with Crippen LogP contribution >= 0.6 is 24.0 Å². The number of hydrogen-bond acceptors (Lipinski definition) is 3. The van der Waals surface area contributed by atoms with Gasteiger partial charge in [0.1, 0.15) is 0 Å². The van der Waals surface area contributed by atoms with Crippen molar-refractivity contribution in [1.29, 1.82) is 0 Å². The van der Waals surface area contributed by atoms with Gasteiger partial charge in [-0.05, 0) is 49.4 Å². The molecular formula is C25H36IN5. The lowest BCUT2D eigenvalue weighted by molar-refractivity contribution is 0.328. The Balaban J connectivity index is 0.00000272. The molecule has 2 N–H and O–H groups in total. The normalized spacial score (nSPS) is 21.7. The topological polar surface area (TPSA) is 42.9 Å². The maximum Gasteiger partial charge on any atom is 0.191 e. The van der Waals surface area contributed by atoms with Gasteiger partial charge in [0.2, 0.25) is 0 Å².